The normalized spacial score (nSPS) is 10.9. The largest absolute Gasteiger partial charge is 0.460 e. The van der Waals surface area contributed by atoms with Gasteiger partial charge in [0, 0.05) is 27.5 Å². The molecule has 0 N–H and O–H groups in total. The number of hydrogen-bond acceptors (Lipinski definition) is 4. The smallest absolute Gasteiger partial charge is 0.375 e. The number of carbonyl (C=O) groups is 3. The van der Waals surface area contributed by atoms with Gasteiger partial charge >= 0.3 is 5.97 Å². The molecule has 0 saturated carbocycles. The number of Topliss-reactive ketones (excluding diaryl/α,β-unsaturated/α-hetero) is 1. The van der Waals surface area contributed by atoms with Crippen LogP contribution in [0, 0.1) is 0 Å². The lowest BCUT2D eigenvalue weighted by atomic mass is 10.2. The number of esters is 1. The van der Waals surface area contributed by atoms with Gasteiger partial charge in [0.05, 0.1) is 19.6 Å². The molecule has 5 nitrogen and oxygen atoms in total. The van der Waals surface area contributed by atoms with Crippen molar-refractivity contribution in [2.75, 3.05) is 6.61 Å². The van der Waals surface area contributed by atoms with Gasteiger partial charge in [-0.1, -0.05) is 29.3 Å². The average Bonchev–Trinajstić information content (AvgIpc) is 3.04. The molecular weight excluding hydrogens is 377 g/mol. The molecule has 0 atom stereocenters. The van der Waals surface area contributed by atoms with Gasteiger partial charge in [0.15, 0.2) is 5.78 Å². The highest BCUT2D eigenvalue weighted by Crippen LogP contribution is 2.25. The summed E-state index contributed by atoms with van der Waals surface area (Å²) in [6.07, 6.45) is 4.14. The van der Waals surface area contributed by atoms with Crippen LogP contribution in [0.2, 0.25) is 10.0 Å². The molecule has 0 saturated heterocycles. The summed E-state index contributed by atoms with van der Waals surface area (Å²) in [6, 6.07) is 8.91. The molecule has 2 aromatic rings. The second kappa shape index (κ2) is 9.36. The van der Waals surface area contributed by atoms with E-state index in [4.69, 9.17) is 23.2 Å². The number of halogens is 2. The Morgan fingerprint density at radius 2 is 1.81 bits per heavy atom. The minimum Gasteiger partial charge on any atom is -0.460 e. The van der Waals surface area contributed by atoms with Crippen LogP contribution in [0.3, 0.4) is 0 Å². The third-order valence-corrected chi connectivity index (χ3v) is 4.24. The Morgan fingerprint density at radius 3 is 2.46 bits per heavy atom. The highest BCUT2D eigenvalue weighted by Gasteiger charge is 2.17. The van der Waals surface area contributed by atoms with Crippen LogP contribution in [0.25, 0.3) is 6.08 Å². The standard InChI is InChI=1S/C19H17Cl2NO4/c1-2-26-19(25)18(24)11-14(23)9-8-13-5-4-10-22(13)12-15-16(20)6-3-7-17(15)21/h3-10H,2,11-12H2,1H3/b9-8+. The van der Waals surface area contributed by atoms with E-state index in [2.05, 4.69) is 4.74 Å². The van der Waals surface area contributed by atoms with Crippen molar-refractivity contribution in [3.63, 3.8) is 0 Å². The van der Waals surface area contributed by atoms with Crippen molar-refractivity contribution in [1.29, 1.82) is 0 Å². The topological polar surface area (TPSA) is 65.4 Å². The van der Waals surface area contributed by atoms with Crippen molar-refractivity contribution in [1.82, 2.24) is 4.57 Å². The molecule has 26 heavy (non-hydrogen) atoms. The van der Waals surface area contributed by atoms with Gasteiger partial charge in [0.2, 0.25) is 5.78 Å². The molecule has 0 radical (unpaired) electrons. The monoisotopic (exact) mass is 393 g/mol. The van der Waals surface area contributed by atoms with Crippen molar-refractivity contribution in [3.05, 3.63) is 63.9 Å². The van der Waals surface area contributed by atoms with Gasteiger partial charge in [0.1, 0.15) is 0 Å². The zero-order chi connectivity index (χ0) is 19.1. The van der Waals surface area contributed by atoms with Crippen molar-refractivity contribution in [2.24, 2.45) is 0 Å². The minimum absolute atomic E-state index is 0.0900. The third kappa shape index (κ3) is 5.31. The summed E-state index contributed by atoms with van der Waals surface area (Å²) in [5, 5.41) is 1.11. The number of ether oxygens (including phenoxy) is 1. The molecule has 1 heterocycles. The summed E-state index contributed by atoms with van der Waals surface area (Å²) >= 11 is 12.4. The number of hydrogen-bond donors (Lipinski definition) is 0. The Morgan fingerprint density at radius 1 is 1.12 bits per heavy atom. The molecule has 0 unspecified atom stereocenters. The predicted octanol–water partition coefficient (Wildman–Crippen LogP) is 3.95. The Labute approximate surface area is 161 Å². The van der Waals surface area contributed by atoms with Gasteiger partial charge in [0.25, 0.3) is 0 Å². The van der Waals surface area contributed by atoms with Gasteiger partial charge in [-0.2, -0.15) is 0 Å². The van der Waals surface area contributed by atoms with E-state index in [1.165, 1.54) is 6.08 Å². The number of nitrogens with zero attached hydrogens (tertiary/aromatic N) is 1. The first-order valence-corrected chi connectivity index (χ1v) is 8.66. The van der Waals surface area contributed by atoms with Crippen LogP contribution >= 0.6 is 23.2 Å². The highest BCUT2D eigenvalue weighted by molar-refractivity contribution is 6.38. The molecule has 1 aromatic carbocycles. The van der Waals surface area contributed by atoms with Crippen molar-refractivity contribution in [3.8, 4) is 0 Å². The van der Waals surface area contributed by atoms with Crippen LogP contribution < -0.4 is 0 Å². The Hall–Kier alpha value is -2.37. The summed E-state index contributed by atoms with van der Waals surface area (Å²) in [5.74, 6) is -2.34. The highest BCUT2D eigenvalue weighted by atomic mass is 35.5. The van der Waals surface area contributed by atoms with Gasteiger partial charge in [-0.25, -0.2) is 4.79 Å². The van der Waals surface area contributed by atoms with Gasteiger partial charge in [-0.3, -0.25) is 9.59 Å². The zero-order valence-corrected chi connectivity index (χ0v) is 15.6. The summed E-state index contributed by atoms with van der Waals surface area (Å²) in [5.41, 5.74) is 1.50. The Bertz CT molecular complexity index is 835. The molecule has 0 aliphatic carbocycles. The lowest BCUT2D eigenvalue weighted by Gasteiger charge is -2.10. The number of aromatic nitrogens is 1. The molecule has 0 fully saturated rings. The third-order valence-electron chi connectivity index (χ3n) is 3.53. The van der Waals surface area contributed by atoms with Crippen LogP contribution in [-0.4, -0.2) is 28.7 Å². The summed E-state index contributed by atoms with van der Waals surface area (Å²) in [6.45, 7) is 2.11. The Kier molecular flexibility index (Phi) is 7.18. The minimum atomic E-state index is -0.994. The summed E-state index contributed by atoms with van der Waals surface area (Å²) in [4.78, 5) is 34.6. The molecule has 0 bridgehead atoms. The van der Waals surface area contributed by atoms with Crippen molar-refractivity contribution in [2.45, 2.75) is 19.9 Å². The Balaban J connectivity index is 2.06. The van der Waals surface area contributed by atoms with Crippen molar-refractivity contribution >= 4 is 46.8 Å². The lowest BCUT2D eigenvalue weighted by Crippen LogP contribution is -2.19. The van der Waals surface area contributed by atoms with E-state index < -0.39 is 24.0 Å². The number of allylic oxidation sites excluding steroid dienone is 1. The van der Waals surface area contributed by atoms with E-state index in [0.717, 1.165) is 11.3 Å². The molecule has 0 spiro atoms. The fraction of sp³-hybridized carbons (Fsp3) is 0.211. The molecule has 7 heteroatoms. The second-order valence-electron chi connectivity index (χ2n) is 5.38. The van der Waals surface area contributed by atoms with Crippen LogP contribution in [0.4, 0.5) is 0 Å². The van der Waals surface area contributed by atoms with E-state index in [1.807, 2.05) is 22.9 Å². The second-order valence-corrected chi connectivity index (χ2v) is 6.20. The van der Waals surface area contributed by atoms with E-state index >= 15 is 0 Å². The summed E-state index contributed by atoms with van der Waals surface area (Å²) in [7, 11) is 0. The van der Waals surface area contributed by atoms with Gasteiger partial charge < -0.3 is 9.30 Å². The lowest BCUT2D eigenvalue weighted by molar-refractivity contribution is -0.154. The zero-order valence-electron chi connectivity index (χ0n) is 14.1. The molecule has 0 aliphatic heterocycles. The number of rotatable bonds is 8. The molecule has 0 aliphatic rings. The first-order chi connectivity index (χ1) is 12.4. The molecule has 0 amide bonds. The summed E-state index contributed by atoms with van der Waals surface area (Å²) < 4.78 is 6.43. The van der Waals surface area contributed by atoms with Gasteiger partial charge in [-0.05, 0) is 43.3 Å². The fourth-order valence-corrected chi connectivity index (χ4v) is 2.77. The first kappa shape index (κ1) is 19.9. The van der Waals surface area contributed by atoms with E-state index in [0.29, 0.717) is 16.6 Å². The van der Waals surface area contributed by atoms with Crippen LogP contribution in [0.15, 0.2) is 42.6 Å². The van der Waals surface area contributed by atoms with Gasteiger partial charge in [-0.15, -0.1) is 0 Å². The van der Waals surface area contributed by atoms with E-state index in [1.54, 1.807) is 31.2 Å². The first-order valence-electron chi connectivity index (χ1n) is 7.91. The number of carbonyl (C=O) groups excluding carboxylic acids is 3. The number of ketones is 2. The van der Waals surface area contributed by atoms with Crippen LogP contribution in [-0.2, 0) is 25.7 Å². The van der Waals surface area contributed by atoms with E-state index in [-0.39, 0.29) is 6.61 Å². The van der Waals surface area contributed by atoms with Crippen LogP contribution in [0.1, 0.15) is 24.6 Å². The molecule has 2 rings (SSSR count). The molecule has 1 aromatic heterocycles. The maximum absolute atomic E-state index is 11.9. The van der Waals surface area contributed by atoms with E-state index in [9.17, 15) is 14.4 Å². The van der Waals surface area contributed by atoms with Crippen molar-refractivity contribution < 1.29 is 19.1 Å². The average molecular weight is 394 g/mol. The predicted molar refractivity (Wildman–Crippen MR) is 100 cm³/mol. The quantitative estimate of drug-likeness (QED) is 0.294. The SMILES string of the molecule is CCOC(=O)C(=O)CC(=O)/C=C/c1cccn1Cc1c(Cl)cccc1Cl. The molecular formula is C19H17Cl2NO4. The fourth-order valence-electron chi connectivity index (χ4n) is 2.26. The maximum atomic E-state index is 11.9. The van der Waals surface area contributed by atoms with Crippen LogP contribution in [0.5, 0.6) is 0 Å². The molecule has 136 valence electrons. The number of benzene rings is 1. The maximum Gasteiger partial charge on any atom is 0.375 e.